The van der Waals surface area contributed by atoms with Crippen LogP contribution in [0.15, 0.2) is 16.0 Å². The number of hydrogen-bond donors (Lipinski definition) is 0. The lowest BCUT2D eigenvalue weighted by Crippen LogP contribution is -1.72. The molecule has 0 bridgehead atoms. The zero-order valence-electron chi connectivity index (χ0n) is 5.87. The second-order valence-corrected chi connectivity index (χ2v) is 3.13. The van der Waals surface area contributed by atoms with Crippen molar-refractivity contribution in [2.24, 2.45) is 0 Å². The van der Waals surface area contributed by atoms with E-state index in [1.54, 1.807) is 17.4 Å². The lowest BCUT2D eigenvalue weighted by molar-refractivity contribution is 0.429. The van der Waals surface area contributed by atoms with Gasteiger partial charge in [-0.05, 0) is 6.92 Å². The van der Waals surface area contributed by atoms with E-state index in [4.69, 9.17) is 4.52 Å². The third kappa shape index (κ3) is 1.17. The monoisotopic (exact) mass is 165 g/mol. The molecule has 0 saturated carbocycles. The molecule has 0 unspecified atom stereocenters. The van der Waals surface area contributed by atoms with Gasteiger partial charge in [-0.25, -0.2) is 4.98 Å². The van der Waals surface area contributed by atoms with Gasteiger partial charge in [0, 0.05) is 11.4 Å². The molecule has 0 amide bonds. The Balaban J connectivity index is 2.45. The van der Waals surface area contributed by atoms with Crippen LogP contribution in [0.1, 0.15) is 5.01 Å². The van der Waals surface area contributed by atoms with E-state index < -0.39 is 0 Å². The molecule has 1 radical (unpaired) electrons. The summed E-state index contributed by atoms with van der Waals surface area (Å²) < 4.78 is 4.87. The molecule has 0 aromatic carbocycles. The highest BCUT2D eigenvalue weighted by atomic mass is 32.1. The van der Waals surface area contributed by atoms with Crippen LogP contribution in [0.4, 0.5) is 0 Å². The first-order chi connectivity index (χ1) is 5.36. The van der Waals surface area contributed by atoms with Crippen molar-refractivity contribution in [1.29, 1.82) is 0 Å². The SMILES string of the molecule is Cc1nc(-c2c[c]no2)cs1. The van der Waals surface area contributed by atoms with Crippen LogP contribution in [0, 0.1) is 13.1 Å². The first-order valence-electron chi connectivity index (χ1n) is 3.11. The minimum absolute atomic E-state index is 0.675. The Morgan fingerprint density at radius 2 is 2.55 bits per heavy atom. The fourth-order valence-electron chi connectivity index (χ4n) is 0.784. The number of aromatic nitrogens is 2. The second kappa shape index (κ2) is 2.47. The Bertz CT molecular complexity index is 339. The Kier molecular flexibility index (Phi) is 1.47. The first-order valence-corrected chi connectivity index (χ1v) is 3.99. The van der Waals surface area contributed by atoms with Crippen molar-refractivity contribution in [1.82, 2.24) is 10.1 Å². The van der Waals surface area contributed by atoms with E-state index in [2.05, 4.69) is 16.3 Å². The number of rotatable bonds is 1. The Labute approximate surface area is 67.7 Å². The molecule has 2 aromatic heterocycles. The smallest absolute Gasteiger partial charge is 0.186 e. The summed E-state index contributed by atoms with van der Waals surface area (Å²) in [6.07, 6.45) is 2.59. The van der Waals surface area contributed by atoms with E-state index in [1.165, 1.54) is 0 Å². The van der Waals surface area contributed by atoms with Gasteiger partial charge in [-0.15, -0.1) is 11.3 Å². The molecule has 55 valence electrons. The van der Waals surface area contributed by atoms with Crippen LogP contribution >= 0.6 is 11.3 Å². The standard InChI is InChI=1S/C7H5N2OS/c1-5-9-6(4-11-5)7-2-3-8-10-7/h2,4H,1H3. The summed E-state index contributed by atoms with van der Waals surface area (Å²) >= 11 is 1.59. The minimum atomic E-state index is 0.675. The van der Waals surface area contributed by atoms with Gasteiger partial charge in [0.15, 0.2) is 5.76 Å². The van der Waals surface area contributed by atoms with Crippen LogP contribution in [-0.2, 0) is 0 Å². The zero-order chi connectivity index (χ0) is 7.68. The van der Waals surface area contributed by atoms with Gasteiger partial charge >= 0.3 is 0 Å². The molecule has 0 atom stereocenters. The van der Waals surface area contributed by atoms with E-state index >= 15 is 0 Å². The maximum absolute atomic E-state index is 4.87. The number of hydrogen-bond acceptors (Lipinski definition) is 4. The zero-order valence-corrected chi connectivity index (χ0v) is 6.68. The lowest BCUT2D eigenvalue weighted by atomic mass is 10.4. The molecule has 2 heterocycles. The average molecular weight is 165 g/mol. The van der Waals surface area contributed by atoms with Crippen LogP contribution in [0.5, 0.6) is 0 Å². The highest BCUT2D eigenvalue weighted by Gasteiger charge is 2.04. The maximum Gasteiger partial charge on any atom is 0.186 e. The van der Waals surface area contributed by atoms with Gasteiger partial charge in [0.25, 0.3) is 0 Å². The highest BCUT2D eigenvalue weighted by molar-refractivity contribution is 7.09. The van der Waals surface area contributed by atoms with Gasteiger partial charge in [0.05, 0.1) is 5.01 Å². The van der Waals surface area contributed by atoms with Crippen molar-refractivity contribution >= 4 is 11.3 Å². The molecule has 0 spiro atoms. The summed E-state index contributed by atoms with van der Waals surface area (Å²) in [7, 11) is 0. The molecule has 11 heavy (non-hydrogen) atoms. The van der Waals surface area contributed by atoms with E-state index in [-0.39, 0.29) is 0 Å². The van der Waals surface area contributed by atoms with E-state index in [1.807, 2.05) is 12.3 Å². The fourth-order valence-corrected chi connectivity index (χ4v) is 1.39. The molecule has 0 aliphatic heterocycles. The Morgan fingerprint density at radius 3 is 3.09 bits per heavy atom. The van der Waals surface area contributed by atoms with Gasteiger partial charge in [0.1, 0.15) is 11.9 Å². The largest absolute Gasteiger partial charge is 0.354 e. The second-order valence-electron chi connectivity index (χ2n) is 2.07. The number of nitrogens with zero attached hydrogens (tertiary/aromatic N) is 2. The van der Waals surface area contributed by atoms with Crippen molar-refractivity contribution in [2.45, 2.75) is 6.92 Å². The Hall–Kier alpha value is -1.16. The first kappa shape index (κ1) is 6.54. The third-order valence-corrected chi connectivity index (χ3v) is 2.04. The van der Waals surface area contributed by atoms with Crippen molar-refractivity contribution in [3.63, 3.8) is 0 Å². The lowest BCUT2D eigenvalue weighted by Gasteiger charge is -1.82. The molecule has 0 aliphatic carbocycles. The summed E-state index contributed by atoms with van der Waals surface area (Å²) in [6.45, 7) is 1.95. The number of thiazole rings is 1. The van der Waals surface area contributed by atoms with Crippen molar-refractivity contribution < 1.29 is 4.52 Å². The van der Waals surface area contributed by atoms with Crippen molar-refractivity contribution in [2.75, 3.05) is 0 Å². The van der Waals surface area contributed by atoms with Crippen LogP contribution < -0.4 is 0 Å². The van der Waals surface area contributed by atoms with Crippen molar-refractivity contribution in [3.8, 4) is 11.5 Å². The normalized spacial score (nSPS) is 10.3. The van der Waals surface area contributed by atoms with Crippen LogP contribution in [0.2, 0.25) is 0 Å². The Morgan fingerprint density at radius 1 is 1.64 bits per heavy atom. The summed E-state index contributed by atoms with van der Waals surface area (Å²) in [5.74, 6) is 0.675. The molecule has 0 aliphatic rings. The minimum Gasteiger partial charge on any atom is -0.354 e. The van der Waals surface area contributed by atoms with E-state index in [0.717, 1.165) is 10.7 Å². The summed E-state index contributed by atoms with van der Waals surface area (Å²) in [6, 6.07) is 1.68. The van der Waals surface area contributed by atoms with Gasteiger partial charge in [-0.1, -0.05) is 5.16 Å². The molecule has 4 heteroatoms. The molecule has 0 saturated heterocycles. The predicted molar refractivity (Wildman–Crippen MR) is 41.2 cm³/mol. The fraction of sp³-hybridized carbons (Fsp3) is 0.143. The average Bonchev–Trinajstić information content (AvgIpc) is 2.55. The van der Waals surface area contributed by atoms with Gasteiger partial charge in [-0.2, -0.15) is 0 Å². The summed E-state index contributed by atoms with van der Waals surface area (Å²) in [5.41, 5.74) is 0.834. The van der Waals surface area contributed by atoms with Crippen LogP contribution in [0.25, 0.3) is 11.5 Å². The van der Waals surface area contributed by atoms with E-state index in [0.29, 0.717) is 5.76 Å². The van der Waals surface area contributed by atoms with Gasteiger partial charge in [0.2, 0.25) is 0 Å². The summed E-state index contributed by atoms with van der Waals surface area (Å²) in [5, 5.41) is 6.43. The molecule has 0 N–H and O–H groups in total. The molecule has 2 aromatic rings. The molecule has 2 rings (SSSR count). The van der Waals surface area contributed by atoms with Gasteiger partial charge in [-0.3, -0.25) is 0 Å². The third-order valence-electron chi connectivity index (χ3n) is 1.26. The number of aryl methyl sites for hydroxylation is 1. The van der Waals surface area contributed by atoms with E-state index in [9.17, 15) is 0 Å². The molecular weight excluding hydrogens is 160 g/mol. The highest BCUT2D eigenvalue weighted by Crippen LogP contribution is 2.19. The quantitative estimate of drug-likeness (QED) is 0.647. The molecule has 0 fully saturated rings. The van der Waals surface area contributed by atoms with Crippen LogP contribution in [-0.4, -0.2) is 10.1 Å². The molecule has 3 nitrogen and oxygen atoms in total. The topological polar surface area (TPSA) is 38.9 Å². The van der Waals surface area contributed by atoms with Gasteiger partial charge < -0.3 is 4.52 Å². The van der Waals surface area contributed by atoms with Crippen LogP contribution in [0.3, 0.4) is 0 Å². The predicted octanol–water partition coefficient (Wildman–Crippen LogP) is 1.91. The summed E-state index contributed by atoms with van der Waals surface area (Å²) in [4.78, 5) is 4.22. The maximum atomic E-state index is 4.87. The molecular formula is C7H5N2OS. The van der Waals surface area contributed by atoms with Crippen molar-refractivity contribution in [3.05, 3.63) is 22.7 Å².